The number of aryl methyl sites for hydroxylation is 1. The zero-order valence-electron chi connectivity index (χ0n) is 12.6. The van der Waals surface area contributed by atoms with Crippen molar-refractivity contribution in [3.05, 3.63) is 70.5 Å². The first-order valence-electron chi connectivity index (χ1n) is 7.10. The number of aromatic nitrogens is 2. The van der Waals surface area contributed by atoms with Crippen molar-refractivity contribution in [2.45, 2.75) is 6.92 Å². The van der Waals surface area contributed by atoms with Gasteiger partial charge in [-0.15, -0.1) is 0 Å². The summed E-state index contributed by atoms with van der Waals surface area (Å²) >= 11 is 3.37. The number of benzene rings is 2. The van der Waals surface area contributed by atoms with E-state index >= 15 is 0 Å². The van der Waals surface area contributed by atoms with Crippen LogP contribution in [0.25, 0.3) is 0 Å². The third-order valence-electron chi connectivity index (χ3n) is 3.17. The first-order valence-corrected chi connectivity index (χ1v) is 7.90. The molecule has 3 aromatic rings. The van der Waals surface area contributed by atoms with Crippen LogP contribution >= 0.6 is 15.9 Å². The monoisotopic (exact) mass is 390 g/mol. The van der Waals surface area contributed by atoms with Crippen molar-refractivity contribution in [3.63, 3.8) is 0 Å². The van der Waals surface area contributed by atoms with Crippen LogP contribution in [0.1, 0.15) is 5.82 Å². The number of rotatable bonds is 4. The topological polar surface area (TPSA) is 49.8 Å². The van der Waals surface area contributed by atoms with Gasteiger partial charge in [-0.1, -0.05) is 22.0 Å². The molecule has 7 heteroatoms. The maximum atomic E-state index is 13.8. The number of nitrogens with zero attached hydrogens (tertiary/aromatic N) is 2. The highest BCUT2D eigenvalue weighted by atomic mass is 79.9. The van der Waals surface area contributed by atoms with Gasteiger partial charge in [-0.25, -0.2) is 18.7 Å². The lowest BCUT2D eigenvalue weighted by molar-refractivity contribution is 0.590. The summed E-state index contributed by atoms with van der Waals surface area (Å²) in [6.45, 7) is 1.70. The molecule has 0 radical (unpaired) electrons. The number of hydrogen-bond donors (Lipinski definition) is 2. The molecule has 0 fully saturated rings. The first-order chi connectivity index (χ1) is 11.5. The van der Waals surface area contributed by atoms with Crippen molar-refractivity contribution in [3.8, 4) is 0 Å². The molecule has 0 amide bonds. The van der Waals surface area contributed by atoms with Gasteiger partial charge >= 0.3 is 0 Å². The molecule has 0 saturated carbocycles. The normalized spacial score (nSPS) is 10.5. The second-order valence-electron chi connectivity index (χ2n) is 5.04. The average Bonchev–Trinajstić information content (AvgIpc) is 2.53. The molecule has 4 nitrogen and oxygen atoms in total. The van der Waals surface area contributed by atoms with E-state index in [1.807, 2.05) is 24.3 Å². The molecule has 0 aliphatic carbocycles. The molecule has 122 valence electrons. The minimum Gasteiger partial charge on any atom is -0.340 e. The zero-order valence-corrected chi connectivity index (χ0v) is 14.2. The molecular formula is C17H13BrF2N4. The Kier molecular flexibility index (Phi) is 4.71. The summed E-state index contributed by atoms with van der Waals surface area (Å²) in [5, 5.41) is 5.80. The summed E-state index contributed by atoms with van der Waals surface area (Å²) in [6, 6.07) is 12.8. The Balaban J connectivity index is 1.87. The number of nitrogens with one attached hydrogen (secondary N) is 2. The third-order valence-corrected chi connectivity index (χ3v) is 3.70. The summed E-state index contributed by atoms with van der Waals surface area (Å²) in [5.74, 6) is -0.0890. The molecule has 1 heterocycles. The number of para-hydroxylation sites is 1. The van der Waals surface area contributed by atoms with Gasteiger partial charge in [-0.05, 0) is 43.3 Å². The van der Waals surface area contributed by atoms with Gasteiger partial charge in [0.05, 0.1) is 0 Å². The maximum absolute atomic E-state index is 13.8. The largest absolute Gasteiger partial charge is 0.340 e. The van der Waals surface area contributed by atoms with Crippen molar-refractivity contribution >= 4 is 38.9 Å². The molecule has 3 rings (SSSR count). The fraction of sp³-hybridized carbons (Fsp3) is 0.0588. The number of anilines is 4. The predicted octanol–water partition coefficient (Wildman–Crippen LogP) is 5.31. The van der Waals surface area contributed by atoms with Crippen LogP contribution < -0.4 is 10.6 Å². The minimum absolute atomic E-state index is 0.245. The lowest BCUT2D eigenvalue weighted by Crippen LogP contribution is -2.03. The number of halogens is 3. The van der Waals surface area contributed by atoms with E-state index in [1.54, 1.807) is 13.0 Å². The van der Waals surface area contributed by atoms with E-state index in [9.17, 15) is 8.78 Å². The summed E-state index contributed by atoms with van der Waals surface area (Å²) < 4.78 is 28.5. The fourth-order valence-electron chi connectivity index (χ4n) is 2.12. The van der Waals surface area contributed by atoms with Gasteiger partial charge in [0.2, 0.25) is 0 Å². The molecular weight excluding hydrogens is 378 g/mol. The summed E-state index contributed by atoms with van der Waals surface area (Å²) in [6.07, 6.45) is 0. The van der Waals surface area contributed by atoms with Crippen LogP contribution in [0.15, 0.2) is 53.0 Å². The Hall–Kier alpha value is -2.54. The van der Waals surface area contributed by atoms with Crippen molar-refractivity contribution in [1.29, 1.82) is 0 Å². The Morgan fingerprint density at radius 2 is 1.46 bits per heavy atom. The molecule has 2 aromatic carbocycles. The van der Waals surface area contributed by atoms with Gasteiger partial charge < -0.3 is 10.6 Å². The van der Waals surface area contributed by atoms with E-state index in [-0.39, 0.29) is 5.69 Å². The van der Waals surface area contributed by atoms with Crippen molar-refractivity contribution in [2.75, 3.05) is 10.6 Å². The van der Waals surface area contributed by atoms with Gasteiger partial charge in [0, 0.05) is 16.2 Å². The van der Waals surface area contributed by atoms with E-state index < -0.39 is 11.6 Å². The van der Waals surface area contributed by atoms with Crippen molar-refractivity contribution in [2.24, 2.45) is 0 Å². The van der Waals surface area contributed by atoms with E-state index in [4.69, 9.17) is 0 Å². The van der Waals surface area contributed by atoms with Gasteiger partial charge in [-0.2, -0.15) is 0 Å². The summed E-state index contributed by atoms with van der Waals surface area (Å²) in [4.78, 5) is 8.44. The van der Waals surface area contributed by atoms with Crippen LogP contribution in [-0.2, 0) is 0 Å². The molecule has 1 aromatic heterocycles. The van der Waals surface area contributed by atoms with Gasteiger partial charge in [0.15, 0.2) is 0 Å². The minimum atomic E-state index is -0.686. The highest BCUT2D eigenvalue weighted by molar-refractivity contribution is 9.10. The summed E-state index contributed by atoms with van der Waals surface area (Å²) in [7, 11) is 0. The molecule has 0 bridgehead atoms. The van der Waals surface area contributed by atoms with E-state index in [2.05, 4.69) is 36.5 Å². The Bertz CT molecular complexity index is 849. The molecule has 0 spiro atoms. The van der Waals surface area contributed by atoms with E-state index in [0.29, 0.717) is 17.5 Å². The zero-order chi connectivity index (χ0) is 17.1. The maximum Gasteiger partial charge on any atom is 0.149 e. The van der Waals surface area contributed by atoms with Crippen molar-refractivity contribution < 1.29 is 8.78 Å². The Labute approximate surface area is 146 Å². The van der Waals surface area contributed by atoms with Crippen LogP contribution in [0.5, 0.6) is 0 Å². The second kappa shape index (κ2) is 6.92. The van der Waals surface area contributed by atoms with Crippen LogP contribution in [0.3, 0.4) is 0 Å². The van der Waals surface area contributed by atoms with Crippen LogP contribution in [0.2, 0.25) is 0 Å². The standard InChI is InChI=1S/C17H13BrF2N4/c1-10-21-15(23-12-7-5-11(18)6-8-12)9-16(22-10)24-17-13(19)3-2-4-14(17)20/h2-9H,1H3,(H2,21,22,23,24). The lowest BCUT2D eigenvalue weighted by atomic mass is 10.3. The molecule has 0 aliphatic heterocycles. The van der Waals surface area contributed by atoms with Crippen molar-refractivity contribution in [1.82, 2.24) is 9.97 Å². The molecule has 24 heavy (non-hydrogen) atoms. The highest BCUT2D eigenvalue weighted by Crippen LogP contribution is 2.24. The van der Waals surface area contributed by atoms with Gasteiger partial charge in [-0.3, -0.25) is 0 Å². The van der Waals surface area contributed by atoms with E-state index in [0.717, 1.165) is 10.2 Å². The van der Waals surface area contributed by atoms with Gasteiger partial charge in [0.25, 0.3) is 0 Å². The third kappa shape index (κ3) is 3.86. The first kappa shape index (κ1) is 16.3. The van der Waals surface area contributed by atoms with Crippen LogP contribution in [0.4, 0.5) is 31.8 Å². The molecule has 2 N–H and O–H groups in total. The fourth-order valence-corrected chi connectivity index (χ4v) is 2.39. The number of hydrogen-bond acceptors (Lipinski definition) is 4. The Morgan fingerprint density at radius 1 is 0.875 bits per heavy atom. The van der Waals surface area contributed by atoms with Crippen LogP contribution in [0, 0.1) is 18.6 Å². The lowest BCUT2D eigenvalue weighted by Gasteiger charge is -2.11. The van der Waals surface area contributed by atoms with Gasteiger partial charge in [0.1, 0.15) is 34.8 Å². The Morgan fingerprint density at radius 3 is 2.08 bits per heavy atom. The van der Waals surface area contributed by atoms with E-state index in [1.165, 1.54) is 18.2 Å². The SMILES string of the molecule is Cc1nc(Nc2ccc(Br)cc2)cc(Nc2c(F)cccc2F)n1. The molecule has 0 aliphatic rings. The van der Waals surface area contributed by atoms with Crippen LogP contribution in [-0.4, -0.2) is 9.97 Å². The second-order valence-corrected chi connectivity index (χ2v) is 5.95. The quantitative estimate of drug-likeness (QED) is 0.633. The average molecular weight is 391 g/mol. The smallest absolute Gasteiger partial charge is 0.149 e. The molecule has 0 saturated heterocycles. The molecule has 0 atom stereocenters. The highest BCUT2D eigenvalue weighted by Gasteiger charge is 2.10. The predicted molar refractivity (Wildman–Crippen MR) is 93.8 cm³/mol. The summed E-state index contributed by atoms with van der Waals surface area (Å²) in [5.41, 5.74) is 0.588. The molecule has 0 unspecified atom stereocenters.